The zero-order chi connectivity index (χ0) is 13.3. The summed E-state index contributed by atoms with van der Waals surface area (Å²) >= 11 is 0. The molecule has 0 aliphatic carbocycles. The SMILES string of the molecule is CC(C)n1ccnc(N2CCC(C)(CN)C2)c1=O. The molecule has 100 valence electrons. The van der Waals surface area contributed by atoms with Gasteiger partial charge in [0, 0.05) is 31.5 Å². The van der Waals surface area contributed by atoms with Crippen molar-refractivity contribution in [1.29, 1.82) is 0 Å². The quantitative estimate of drug-likeness (QED) is 0.869. The van der Waals surface area contributed by atoms with E-state index in [-0.39, 0.29) is 17.0 Å². The molecule has 1 aromatic rings. The molecule has 1 atom stereocenters. The van der Waals surface area contributed by atoms with Crippen LogP contribution in [0.5, 0.6) is 0 Å². The highest BCUT2D eigenvalue weighted by atomic mass is 16.1. The number of nitrogens with zero attached hydrogens (tertiary/aromatic N) is 3. The summed E-state index contributed by atoms with van der Waals surface area (Å²) in [5, 5.41) is 0. The van der Waals surface area contributed by atoms with Crippen LogP contribution in [0.3, 0.4) is 0 Å². The van der Waals surface area contributed by atoms with Crippen LogP contribution in [0.1, 0.15) is 33.2 Å². The first-order valence-electron chi connectivity index (χ1n) is 6.49. The van der Waals surface area contributed by atoms with Gasteiger partial charge in [0.25, 0.3) is 5.56 Å². The molecule has 1 saturated heterocycles. The van der Waals surface area contributed by atoms with Crippen molar-refractivity contribution in [3.8, 4) is 0 Å². The van der Waals surface area contributed by atoms with Crippen molar-refractivity contribution in [2.45, 2.75) is 33.2 Å². The number of hydrogen-bond donors (Lipinski definition) is 1. The van der Waals surface area contributed by atoms with Crippen molar-refractivity contribution in [3.63, 3.8) is 0 Å². The van der Waals surface area contributed by atoms with Gasteiger partial charge in [-0.1, -0.05) is 6.92 Å². The minimum absolute atomic E-state index is 0.00577. The van der Waals surface area contributed by atoms with Gasteiger partial charge in [-0.15, -0.1) is 0 Å². The van der Waals surface area contributed by atoms with Gasteiger partial charge in [0.1, 0.15) is 0 Å². The topological polar surface area (TPSA) is 64.2 Å². The summed E-state index contributed by atoms with van der Waals surface area (Å²) in [6, 6.07) is 0.155. The Labute approximate surface area is 108 Å². The molecule has 2 heterocycles. The van der Waals surface area contributed by atoms with E-state index in [9.17, 15) is 4.79 Å². The highest BCUT2D eigenvalue weighted by Crippen LogP contribution is 2.30. The maximum absolute atomic E-state index is 12.3. The minimum Gasteiger partial charge on any atom is -0.351 e. The number of hydrogen-bond acceptors (Lipinski definition) is 4. The second-order valence-corrected chi connectivity index (χ2v) is 5.74. The molecule has 1 aliphatic rings. The Bertz CT molecular complexity index is 482. The molecule has 1 aliphatic heterocycles. The summed E-state index contributed by atoms with van der Waals surface area (Å²) < 4.78 is 1.72. The first-order chi connectivity index (χ1) is 8.47. The first kappa shape index (κ1) is 13.1. The van der Waals surface area contributed by atoms with Gasteiger partial charge in [0.2, 0.25) is 0 Å². The molecule has 2 rings (SSSR count). The van der Waals surface area contributed by atoms with Crippen LogP contribution in [0.25, 0.3) is 0 Å². The Morgan fingerprint density at radius 3 is 2.83 bits per heavy atom. The lowest BCUT2D eigenvalue weighted by molar-refractivity contribution is 0.383. The summed E-state index contributed by atoms with van der Waals surface area (Å²) in [4.78, 5) is 18.6. The highest BCUT2D eigenvalue weighted by Gasteiger charge is 2.34. The van der Waals surface area contributed by atoms with E-state index in [1.165, 1.54) is 0 Å². The highest BCUT2D eigenvalue weighted by molar-refractivity contribution is 5.38. The van der Waals surface area contributed by atoms with Crippen molar-refractivity contribution in [3.05, 3.63) is 22.7 Å². The fourth-order valence-electron chi connectivity index (χ4n) is 2.41. The van der Waals surface area contributed by atoms with Crippen molar-refractivity contribution in [2.24, 2.45) is 11.1 Å². The van der Waals surface area contributed by atoms with Gasteiger partial charge in [0.15, 0.2) is 5.82 Å². The second kappa shape index (κ2) is 4.72. The van der Waals surface area contributed by atoms with Crippen LogP contribution >= 0.6 is 0 Å². The van der Waals surface area contributed by atoms with E-state index in [2.05, 4.69) is 16.8 Å². The van der Waals surface area contributed by atoms with E-state index in [1.54, 1.807) is 17.0 Å². The fraction of sp³-hybridized carbons (Fsp3) is 0.692. The van der Waals surface area contributed by atoms with Crippen LogP contribution in [-0.2, 0) is 0 Å². The van der Waals surface area contributed by atoms with Crippen LogP contribution in [0.15, 0.2) is 17.2 Å². The Balaban J connectivity index is 2.31. The zero-order valence-electron chi connectivity index (χ0n) is 11.4. The second-order valence-electron chi connectivity index (χ2n) is 5.74. The Morgan fingerprint density at radius 1 is 1.56 bits per heavy atom. The predicted octanol–water partition coefficient (Wildman–Crippen LogP) is 0.999. The average Bonchev–Trinajstić information content (AvgIpc) is 2.72. The number of nitrogens with two attached hydrogens (primary N) is 1. The van der Waals surface area contributed by atoms with Crippen molar-refractivity contribution in [1.82, 2.24) is 9.55 Å². The normalized spacial score (nSPS) is 23.9. The van der Waals surface area contributed by atoms with E-state index in [0.717, 1.165) is 19.5 Å². The van der Waals surface area contributed by atoms with E-state index in [1.807, 2.05) is 13.8 Å². The number of aromatic nitrogens is 2. The molecule has 0 bridgehead atoms. The lowest BCUT2D eigenvalue weighted by Crippen LogP contribution is -2.35. The van der Waals surface area contributed by atoms with Crippen molar-refractivity contribution < 1.29 is 0 Å². The third kappa shape index (κ3) is 2.27. The van der Waals surface area contributed by atoms with E-state index >= 15 is 0 Å². The third-order valence-corrected chi connectivity index (χ3v) is 3.76. The molecular weight excluding hydrogens is 228 g/mol. The average molecular weight is 250 g/mol. The molecule has 1 unspecified atom stereocenters. The standard InChI is InChI=1S/C13H22N4O/c1-10(2)17-7-5-15-11(12(17)18)16-6-4-13(3,8-14)9-16/h5,7,10H,4,6,8-9,14H2,1-3H3. The molecule has 5 nitrogen and oxygen atoms in total. The van der Waals surface area contributed by atoms with Gasteiger partial charge >= 0.3 is 0 Å². The molecule has 0 amide bonds. The zero-order valence-corrected chi connectivity index (χ0v) is 11.4. The number of rotatable bonds is 3. The van der Waals surface area contributed by atoms with Crippen molar-refractivity contribution in [2.75, 3.05) is 24.5 Å². The Hall–Kier alpha value is -1.36. The van der Waals surface area contributed by atoms with Gasteiger partial charge in [0.05, 0.1) is 0 Å². The van der Waals surface area contributed by atoms with Gasteiger partial charge in [-0.05, 0) is 32.2 Å². The maximum atomic E-state index is 12.3. The van der Waals surface area contributed by atoms with E-state index in [0.29, 0.717) is 12.4 Å². The van der Waals surface area contributed by atoms with Gasteiger partial charge in [-0.2, -0.15) is 0 Å². The molecule has 0 saturated carbocycles. The van der Waals surface area contributed by atoms with E-state index in [4.69, 9.17) is 5.73 Å². The maximum Gasteiger partial charge on any atom is 0.293 e. The van der Waals surface area contributed by atoms with E-state index < -0.39 is 0 Å². The monoisotopic (exact) mass is 250 g/mol. The molecule has 1 fully saturated rings. The molecule has 0 radical (unpaired) electrons. The minimum atomic E-state index is -0.00577. The predicted molar refractivity (Wildman–Crippen MR) is 72.9 cm³/mol. The largest absolute Gasteiger partial charge is 0.351 e. The first-order valence-corrected chi connectivity index (χ1v) is 6.49. The Morgan fingerprint density at radius 2 is 2.28 bits per heavy atom. The molecule has 18 heavy (non-hydrogen) atoms. The molecule has 1 aromatic heterocycles. The molecular formula is C13H22N4O. The summed E-state index contributed by atoms with van der Waals surface area (Å²) in [5.74, 6) is 0.559. The summed E-state index contributed by atoms with van der Waals surface area (Å²) in [5.41, 5.74) is 5.89. The summed E-state index contributed by atoms with van der Waals surface area (Å²) in [6.45, 7) is 8.48. The van der Waals surface area contributed by atoms with Gasteiger partial charge < -0.3 is 15.2 Å². The smallest absolute Gasteiger partial charge is 0.293 e. The van der Waals surface area contributed by atoms with Crippen LogP contribution in [0, 0.1) is 5.41 Å². The molecule has 2 N–H and O–H groups in total. The van der Waals surface area contributed by atoms with Crippen LogP contribution in [0.2, 0.25) is 0 Å². The molecule has 5 heteroatoms. The summed E-state index contributed by atoms with van der Waals surface area (Å²) in [7, 11) is 0. The molecule has 0 spiro atoms. The van der Waals surface area contributed by atoms with Crippen LogP contribution in [-0.4, -0.2) is 29.2 Å². The Kier molecular flexibility index (Phi) is 3.43. The lowest BCUT2D eigenvalue weighted by atomic mass is 9.90. The molecule has 0 aromatic carbocycles. The lowest BCUT2D eigenvalue weighted by Gasteiger charge is -2.23. The number of anilines is 1. The van der Waals surface area contributed by atoms with Crippen LogP contribution in [0.4, 0.5) is 5.82 Å². The summed E-state index contributed by atoms with van der Waals surface area (Å²) in [6.07, 6.45) is 4.46. The third-order valence-electron chi connectivity index (χ3n) is 3.76. The van der Waals surface area contributed by atoms with Crippen molar-refractivity contribution >= 4 is 5.82 Å². The van der Waals surface area contributed by atoms with Gasteiger partial charge in [-0.25, -0.2) is 4.98 Å². The van der Waals surface area contributed by atoms with Gasteiger partial charge in [-0.3, -0.25) is 4.79 Å². The van der Waals surface area contributed by atoms with Crippen LogP contribution < -0.4 is 16.2 Å². The fourth-order valence-corrected chi connectivity index (χ4v) is 2.41.